The van der Waals surface area contributed by atoms with E-state index in [1.165, 1.54) is 21.1 Å². The lowest BCUT2D eigenvalue weighted by atomic mass is 10.3. The van der Waals surface area contributed by atoms with E-state index in [1.807, 2.05) is 16.7 Å². The molecule has 0 saturated heterocycles. The van der Waals surface area contributed by atoms with Gasteiger partial charge in [0.05, 0.1) is 4.92 Å². The van der Waals surface area contributed by atoms with Crippen LogP contribution >= 0.6 is 22.7 Å². The minimum absolute atomic E-state index is 0.205. The molecule has 1 N–H and O–H groups in total. The van der Waals surface area contributed by atoms with Crippen LogP contribution < -0.4 is 5.32 Å². The summed E-state index contributed by atoms with van der Waals surface area (Å²) in [6.45, 7) is 3.63. The molecule has 4 nitrogen and oxygen atoms in total. The predicted molar refractivity (Wildman–Crippen MR) is 75.2 cm³/mol. The number of thiophene rings is 2. The number of rotatable bonds is 6. The topological polar surface area (TPSA) is 55.2 Å². The highest BCUT2D eigenvalue weighted by Gasteiger charge is 2.09. The van der Waals surface area contributed by atoms with E-state index in [1.54, 1.807) is 6.07 Å². The van der Waals surface area contributed by atoms with Crippen molar-refractivity contribution >= 4 is 27.7 Å². The van der Waals surface area contributed by atoms with Crippen LogP contribution in [0.15, 0.2) is 23.6 Å². The summed E-state index contributed by atoms with van der Waals surface area (Å²) in [5.74, 6) is 0. The van der Waals surface area contributed by atoms with Gasteiger partial charge in [0.2, 0.25) is 0 Å². The summed E-state index contributed by atoms with van der Waals surface area (Å²) < 4.78 is 0. The summed E-state index contributed by atoms with van der Waals surface area (Å²) in [7, 11) is 0. The molecule has 0 aliphatic rings. The van der Waals surface area contributed by atoms with Gasteiger partial charge >= 0.3 is 5.00 Å². The van der Waals surface area contributed by atoms with Crippen molar-refractivity contribution in [1.29, 1.82) is 0 Å². The van der Waals surface area contributed by atoms with Crippen LogP contribution in [0.25, 0.3) is 0 Å². The Labute approximate surface area is 113 Å². The van der Waals surface area contributed by atoms with Crippen molar-refractivity contribution < 1.29 is 4.92 Å². The van der Waals surface area contributed by atoms with Gasteiger partial charge in [-0.3, -0.25) is 10.1 Å². The van der Waals surface area contributed by atoms with Gasteiger partial charge in [-0.05, 0) is 24.1 Å². The fourth-order valence-corrected chi connectivity index (χ4v) is 3.25. The number of hydrogen-bond acceptors (Lipinski definition) is 5. The first-order chi connectivity index (χ1) is 8.69. The van der Waals surface area contributed by atoms with Crippen LogP contribution in [0.4, 0.5) is 5.00 Å². The normalized spacial score (nSPS) is 10.7. The van der Waals surface area contributed by atoms with Gasteiger partial charge in [0.1, 0.15) is 0 Å². The summed E-state index contributed by atoms with van der Waals surface area (Å²) in [6, 6.07) is 5.91. The molecule has 0 unspecified atom stereocenters. The molecule has 0 radical (unpaired) electrons. The molecule has 0 aliphatic carbocycles. The van der Waals surface area contributed by atoms with E-state index in [0.717, 1.165) is 18.5 Å². The monoisotopic (exact) mass is 282 g/mol. The summed E-state index contributed by atoms with van der Waals surface area (Å²) in [4.78, 5) is 12.9. The molecular formula is C12H14N2O2S2. The Morgan fingerprint density at radius 2 is 2.11 bits per heavy atom. The second-order valence-electron chi connectivity index (χ2n) is 3.88. The zero-order valence-corrected chi connectivity index (χ0v) is 11.6. The molecule has 0 fully saturated rings. The minimum atomic E-state index is -0.346. The standard InChI is InChI=1S/C12H14N2O2S2/c1-2-10-3-4-11(18-10)7-13-6-9-5-12(14(15)16)17-8-9/h3-5,8,13H,2,6-7H2,1H3. The molecule has 96 valence electrons. The molecular weight excluding hydrogens is 268 g/mol. The van der Waals surface area contributed by atoms with E-state index in [2.05, 4.69) is 24.4 Å². The number of nitrogens with zero attached hydrogens (tertiary/aromatic N) is 1. The van der Waals surface area contributed by atoms with Gasteiger partial charge in [-0.15, -0.1) is 11.3 Å². The molecule has 2 rings (SSSR count). The lowest BCUT2D eigenvalue weighted by Crippen LogP contribution is -2.10. The Balaban J connectivity index is 1.82. The smallest absolute Gasteiger partial charge is 0.308 e. The second kappa shape index (κ2) is 6.08. The summed E-state index contributed by atoms with van der Waals surface area (Å²) >= 11 is 2.99. The molecule has 0 amide bonds. The van der Waals surface area contributed by atoms with Crippen LogP contribution in [-0.2, 0) is 19.5 Å². The first-order valence-electron chi connectivity index (χ1n) is 5.69. The minimum Gasteiger partial charge on any atom is -0.308 e. The first kappa shape index (κ1) is 13.2. The van der Waals surface area contributed by atoms with Crippen LogP contribution in [0.5, 0.6) is 0 Å². The molecule has 2 aromatic heterocycles. The maximum atomic E-state index is 10.5. The van der Waals surface area contributed by atoms with Gasteiger partial charge in [0.15, 0.2) is 0 Å². The Hall–Kier alpha value is -1.24. The first-order valence-corrected chi connectivity index (χ1v) is 7.38. The number of aryl methyl sites for hydroxylation is 1. The zero-order chi connectivity index (χ0) is 13.0. The Kier molecular flexibility index (Phi) is 4.46. The van der Waals surface area contributed by atoms with Crippen LogP contribution in [0.1, 0.15) is 22.2 Å². The zero-order valence-electron chi connectivity index (χ0n) is 10.0. The van der Waals surface area contributed by atoms with Crippen molar-refractivity contribution in [2.75, 3.05) is 0 Å². The Morgan fingerprint density at radius 3 is 2.72 bits per heavy atom. The molecule has 0 bridgehead atoms. The summed E-state index contributed by atoms with van der Waals surface area (Å²) in [6.07, 6.45) is 1.07. The van der Waals surface area contributed by atoms with Crippen LogP contribution in [0, 0.1) is 10.1 Å². The lowest BCUT2D eigenvalue weighted by molar-refractivity contribution is -0.380. The van der Waals surface area contributed by atoms with Crippen LogP contribution in [0.2, 0.25) is 0 Å². The predicted octanol–water partition coefficient (Wildman–Crippen LogP) is 3.57. The average Bonchev–Trinajstić information content (AvgIpc) is 2.97. The Morgan fingerprint density at radius 1 is 1.33 bits per heavy atom. The van der Waals surface area contributed by atoms with Gasteiger partial charge in [-0.25, -0.2) is 0 Å². The van der Waals surface area contributed by atoms with Crippen molar-refractivity contribution in [2.24, 2.45) is 0 Å². The van der Waals surface area contributed by atoms with E-state index >= 15 is 0 Å². The van der Waals surface area contributed by atoms with Crippen molar-refractivity contribution in [1.82, 2.24) is 5.32 Å². The molecule has 0 atom stereocenters. The van der Waals surface area contributed by atoms with E-state index in [-0.39, 0.29) is 9.92 Å². The molecule has 2 aromatic rings. The SMILES string of the molecule is CCc1ccc(CNCc2csc([N+](=O)[O-])c2)s1. The fourth-order valence-electron chi connectivity index (χ4n) is 1.59. The maximum Gasteiger partial charge on any atom is 0.324 e. The highest BCUT2D eigenvalue weighted by molar-refractivity contribution is 7.13. The maximum absolute atomic E-state index is 10.5. The average molecular weight is 282 g/mol. The van der Waals surface area contributed by atoms with Crippen molar-refractivity contribution in [3.63, 3.8) is 0 Å². The number of hydrogen-bond donors (Lipinski definition) is 1. The highest BCUT2D eigenvalue weighted by Crippen LogP contribution is 2.22. The molecule has 2 heterocycles. The molecule has 0 aliphatic heterocycles. The van der Waals surface area contributed by atoms with E-state index in [4.69, 9.17) is 0 Å². The fraction of sp³-hybridized carbons (Fsp3) is 0.333. The molecule has 0 spiro atoms. The largest absolute Gasteiger partial charge is 0.324 e. The van der Waals surface area contributed by atoms with E-state index < -0.39 is 0 Å². The quantitative estimate of drug-likeness (QED) is 0.651. The Bertz CT molecular complexity index is 534. The lowest BCUT2D eigenvalue weighted by Gasteiger charge is -1.99. The third-order valence-corrected chi connectivity index (χ3v) is 4.67. The molecule has 0 aromatic carbocycles. The van der Waals surface area contributed by atoms with Gasteiger partial charge < -0.3 is 5.32 Å². The summed E-state index contributed by atoms with van der Waals surface area (Å²) in [5.41, 5.74) is 0.971. The van der Waals surface area contributed by atoms with Crippen LogP contribution in [0.3, 0.4) is 0 Å². The van der Waals surface area contributed by atoms with Crippen molar-refractivity contribution in [2.45, 2.75) is 26.4 Å². The third-order valence-electron chi connectivity index (χ3n) is 2.51. The van der Waals surface area contributed by atoms with Crippen molar-refractivity contribution in [3.8, 4) is 0 Å². The molecule has 6 heteroatoms. The van der Waals surface area contributed by atoms with E-state index in [0.29, 0.717) is 6.54 Å². The van der Waals surface area contributed by atoms with Gasteiger partial charge in [-0.1, -0.05) is 18.3 Å². The van der Waals surface area contributed by atoms with Crippen LogP contribution in [-0.4, -0.2) is 4.92 Å². The second-order valence-corrected chi connectivity index (χ2v) is 6.02. The van der Waals surface area contributed by atoms with Gasteiger partial charge in [0.25, 0.3) is 0 Å². The van der Waals surface area contributed by atoms with Gasteiger partial charge in [-0.2, -0.15) is 0 Å². The van der Waals surface area contributed by atoms with Gasteiger partial charge in [0, 0.05) is 34.3 Å². The highest BCUT2D eigenvalue weighted by atomic mass is 32.1. The summed E-state index contributed by atoms with van der Waals surface area (Å²) in [5, 5.41) is 15.9. The number of nitro groups is 1. The third kappa shape index (κ3) is 3.38. The van der Waals surface area contributed by atoms with Crippen molar-refractivity contribution in [3.05, 3.63) is 49.0 Å². The number of nitrogens with one attached hydrogen (secondary N) is 1. The van der Waals surface area contributed by atoms with E-state index in [9.17, 15) is 10.1 Å². The molecule has 18 heavy (non-hydrogen) atoms. The molecule has 0 saturated carbocycles.